The summed E-state index contributed by atoms with van der Waals surface area (Å²) in [4.78, 5) is 23.3. The molecule has 0 aromatic heterocycles. The number of para-hydroxylation sites is 2. The van der Waals surface area contributed by atoms with E-state index in [2.05, 4.69) is 10.7 Å². The molecule has 0 unspecified atom stereocenters. The number of rotatable bonds is 4. The first kappa shape index (κ1) is 19.0. The molecular formula is C20H16N4O3S. The summed E-state index contributed by atoms with van der Waals surface area (Å²) in [5, 5.41) is 15.4. The molecule has 0 fully saturated rings. The maximum Gasteiger partial charge on any atom is 0.277 e. The van der Waals surface area contributed by atoms with Crippen LogP contribution in [-0.2, 0) is 0 Å². The molecule has 1 amide bonds. The average molecular weight is 392 g/mol. The lowest BCUT2D eigenvalue weighted by Gasteiger charge is -2.25. The summed E-state index contributed by atoms with van der Waals surface area (Å²) in [7, 11) is 0. The van der Waals surface area contributed by atoms with E-state index in [4.69, 9.17) is 12.2 Å². The molecule has 0 saturated heterocycles. The lowest BCUT2D eigenvalue weighted by molar-refractivity contribution is -0.384. The predicted octanol–water partition coefficient (Wildman–Crippen LogP) is 4.14. The molecule has 0 aliphatic carbocycles. The Morgan fingerprint density at radius 2 is 1.46 bits per heavy atom. The number of amides is 1. The molecular weight excluding hydrogens is 376 g/mol. The number of non-ortho nitro benzene ring substituents is 1. The van der Waals surface area contributed by atoms with E-state index < -0.39 is 10.8 Å². The van der Waals surface area contributed by atoms with E-state index in [9.17, 15) is 14.9 Å². The number of nitro benzene ring substituents is 1. The van der Waals surface area contributed by atoms with Gasteiger partial charge in [0, 0.05) is 23.4 Å². The minimum atomic E-state index is -0.514. The van der Waals surface area contributed by atoms with Crippen molar-refractivity contribution in [1.29, 1.82) is 0 Å². The lowest BCUT2D eigenvalue weighted by Crippen LogP contribution is -2.48. The van der Waals surface area contributed by atoms with Gasteiger partial charge in [0.05, 0.1) is 10.6 Å². The second-order valence-electron chi connectivity index (χ2n) is 5.71. The molecule has 3 aromatic rings. The zero-order chi connectivity index (χ0) is 19.9. The smallest absolute Gasteiger partial charge is 0.277 e. The Kier molecular flexibility index (Phi) is 5.93. The summed E-state index contributed by atoms with van der Waals surface area (Å²) in [6.45, 7) is 0. The van der Waals surface area contributed by atoms with Gasteiger partial charge in [-0.1, -0.05) is 36.4 Å². The Hall–Kier alpha value is -3.78. The number of hydrogen-bond acceptors (Lipinski definition) is 4. The topological polar surface area (TPSA) is 87.5 Å². The Balaban J connectivity index is 1.83. The first-order valence-corrected chi connectivity index (χ1v) is 8.72. The third kappa shape index (κ3) is 4.68. The average Bonchev–Trinajstić information content (AvgIpc) is 2.73. The molecule has 3 aromatic carbocycles. The minimum absolute atomic E-state index is 0.0861. The highest BCUT2D eigenvalue weighted by Crippen LogP contribution is 2.18. The molecule has 0 heterocycles. The summed E-state index contributed by atoms with van der Waals surface area (Å²) in [5.74, 6) is -0.404. The molecule has 0 radical (unpaired) electrons. The van der Waals surface area contributed by atoms with Crippen LogP contribution in [-0.4, -0.2) is 15.9 Å². The SMILES string of the molecule is O=C(c1ccc([N+](=O)[O-])cc1)N(NC(=S)Nc1ccccc1)c1ccccc1. The number of hydrogen-bond donors (Lipinski definition) is 2. The standard InChI is InChI=1S/C20H16N4O3S/c25-19(15-11-13-18(14-12-15)24(26)27)23(17-9-5-2-6-10-17)22-20(28)21-16-7-3-1-4-8-16/h1-14H,(H2,21,22,28). The van der Waals surface area contributed by atoms with Crippen LogP contribution in [0.25, 0.3) is 0 Å². The molecule has 0 spiro atoms. The van der Waals surface area contributed by atoms with Gasteiger partial charge in [-0.3, -0.25) is 20.3 Å². The van der Waals surface area contributed by atoms with Crippen LogP contribution in [0.15, 0.2) is 84.9 Å². The van der Waals surface area contributed by atoms with Crippen LogP contribution in [0.1, 0.15) is 10.4 Å². The van der Waals surface area contributed by atoms with Gasteiger partial charge < -0.3 is 5.32 Å². The Morgan fingerprint density at radius 1 is 0.893 bits per heavy atom. The Morgan fingerprint density at radius 3 is 2.04 bits per heavy atom. The first-order chi connectivity index (χ1) is 13.5. The highest BCUT2D eigenvalue weighted by Gasteiger charge is 2.20. The van der Waals surface area contributed by atoms with E-state index in [1.54, 1.807) is 24.3 Å². The fraction of sp³-hybridized carbons (Fsp3) is 0. The van der Waals surface area contributed by atoms with Crippen molar-refractivity contribution in [2.24, 2.45) is 0 Å². The van der Waals surface area contributed by atoms with E-state index in [0.29, 0.717) is 5.69 Å². The third-order valence-electron chi connectivity index (χ3n) is 3.79. The maximum atomic E-state index is 13.0. The highest BCUT2D eigenvalue weighted by atomic mass is 32.1. The number of nitro groups is 1. The second kappa shape index (κ2) is 8.74. The van der Waals surface area contributed by atoms with Crippen LogP contribution in [0, 0.1) is 10.1 Å². The third-order valence-corrected chi connectivity index (χ3v) is 3.98. The van der Waals surface area contributed by atoms with Gasteiger partial charge in [-0.05, 0) is 48.6 Å². The number of benzene rings is 3. The molecule has 140 valence electrons. The maximum absolute atomic E-state index is 13.0. The van der Waals surface area contributed by atoms with Crippen molar-refractivity contribution in [2.75, 3.05) is 10.3 Å². The normalized spacial score (nSPS) is 10.0. The van der Waals surface area contributed by atoms with Crippen LogP contribution in [0.4, 0.5) is 17.1 Å². The van der Waals surface area contributed by atoms with Gasteiger partial charge >= 0.3 is 0 Å². The fourth-order valence-corrected chi connectivity index (χ4v) is 2.66. The van der Waals surface area contributed by atoms with Gasteiger partial charge in [0.15, 0.2) is 5.11 Å². The zero-order valence-electron chi connectivity index (χ0n) is 14.6. The van der Waals surface area contributed by atoms with Crippen LogP contribution in [0.5, 0.6) is 0 Å². The van der Waals surface area contributed by atoms with Crippen molar-refractivity contribution in [3.05, 3.63) is 101 Å². The zero-order valence-corrected chi connectivity index (χ0v) is 15.4. The van der Waals surface area contributed by atoms with Crippen LogP contribution in [0.2, 0.25) is 0 Å². The van der Waals surface area contributed by atoms with Crippen LogP contribution in [0.3, 0.4) is 0 Å². The molecule has 7 nitrogen and oxygen atoms in total. The van der Waals surface area contributed by atoms with Crippen molar-refractivity contribution < 1.29 is 9.72 Å². The Bertz CT molecular complexity index is 979. The number of anilines is 2. The van der Waals surface area contributed by atoms with Crippen LogP contribution >= 0.6 is 12.2 Å². The summed E-state index contributed by atoms with van der Waals surface area (Å²) in [6.07, 6.45) is 0. The van der Waals surface area contributed by atoms with Gasteiger partial charge in [-0.15, -0.1) is 0 Å². The summed E-state index contributed by atoms with van der Waals surface area (Å²) < 4.78 is 0. The molecule has 0 aliphatic rings. The number of nitrogens with zero attached hydrogens (tertiary/aromatic N) is 2. The molecule has 3 rings (SSSR count). The molecule has 8 heteroatoms. The van der Waals surface area contributed by atoms with Crippen LogP contribution < -0.4 is 15.8 Å². The van der Waals surface area contributed by atoms with Crippen molar-refractivity contribution in [2.45, 2.75) is 0 Å². The molecule has 0 aliphatic heterocycles. The van der Waals surface area contributed by atoms with E-state index in [1.165, 1.54) is 29.3 Å². The second-order valence-corrected chi connectivity index (χ2v) is 6.12. The predicted molar refractivity (Wildman–Crippen MR) is 112 cm³/mol. The van der Waals surface area contributed by atoms with Gasteiger partial charge in [-0.2, -0.15) is 0 Å². The molecule has 0 atom stereocenters. The number of nitrogens with one attached hydrogen (secondary N) is 2. The van der Waals surface area contributed by atoms with Gasteiger partial charge in [0.1, 0.15) is 0 Å². The van der Waals surface area contributed by atoms with Gasteiger partial charge in [0.25, 0.3) is 11.6 Å². The largest absolute Gasteiger partial charge is 0.331 e. The minimum Gasteiger partial charge on any atom is -0.331 e. The summed E-state index contributed by atoms with van der Waals surface area (Å²) >= 11 is 5.33. The lowest BCUT2D eigenvalue weighted by atomic mass is 10.2. The highest BCUT2D eigenvalue weighted by molar-refractivity contribution is 7.80. The van der Waals surface area contributed by atoms with Gasteiger partial charge in [-0.25, -0.2) is 5.01 Å². The summed E-state index contributed by atoms with van der Waals surface area (Å²) in [5.41, 5.74) is 4.43. The van der Waals surface area contributed by atoms with E-state index in [1.807, 2.05) is 36.4 Å². The quantitative estimate of drug-likeness (QED) is 0.394. The number of thiocarbonyl (C=S) groups is 1. The van der Waals surface area contributed by atoms with Gasteiger partial charge in [0.2, 0.25) is 0 Å². The van der Waals surface area contributed by atoms with Crippen molar-refractivity contribution in [3.8, 4) is 0 Å². The fourth-order valence-electron chi connectivity index (χ4n) is 2.45. The van der Waals surface area contributed by atoms with E-state index in [0.717, 1.165) is 5.69 Å². The molecule has 28 heavy (non-hydrogen) atoms. The summed E-state index contributed by atoms with van der Waals surface area (Å²) in [6, 6.07) is 23.6. The first-order valence-electron chi connectivity index (χ1n) is 8.31. The van der Waals surface area contributed by atoms with Crippen molar-refractivity contribution in [3.63, 3.8) is 0 Å². The number of hydrazine groups is 1. The van der Waals surface area contributed by atoms with E-state index >= 15 is 0 Å². The van der Waals surface area contributed by atoms with E-state index in [-0.39, 0.29) is 16.4 Å². The molecule has 0 saturated carbocycles. The monoisotopic (exact) mass is 392 g/mol. The number of carbonyl (C=O) groups is 1. The molecule has 0 bridgehead atoms. The number of carbonyl (C=O) groups excluding carboxylic acids is 1. The Labute approximate surface area is 166 Å². The van der Waals surface area contributed by atoms with Crippen molar-refractivity contribution >= 4 is 40.3 Å². The molecule has 2 N–H and O–H groups in total. The van der Waals surface area contributed by atoms with Crippen molar-refractivity contribution in [1.82, 2.24) is 5.43 Å².